The number of likely N-dealkylation sites (N-methyl/N-ethyl adjacent to an activating group) is 1. The van der Waals surface area contributed by atoms with Crippen molar-refractivity contribution in [2.75, 3.05) is 7.05 Å². The van der Waals surface area contributed by atoms with Crippen LogP contribution in [0.2, 0.25) is 0 Å². The molecule has 0 atom stereocenters. The van der Waals surface area contributed by atoms with E-state index >= 15 is 0 Å². The second-order valence-corrected chi connectivity index (χ2v) is 6.25. The van der Waals surface area contributed by atoms with Gasteiger partial charge in [0.25, 0.3) is 5.91 Å². The van der Waals surface area contributed by atoms with Crippen LogP contribution in [-0.2, 0) is 11.4 Å². The van der Waals surface area contributed by atoms with Crippen LogP contribution in [0.15, 0.2) is 58.7 Å². The Balaban J connectivity index is 1.64. The van der Waals surface area contributed by atoms with Gasteiger partial charge in [0.05, 0.1) is 0 Å². The zero-order valence-corrected chi connectivity index (χ0v) is 14.5. The Bertz CT molecular complexity index is 798. The summed E-state index contributed by atoms with van der Waals surface area (Å²) in [6.45, 7) is 0.479. The Kier molecular flexibility index (Phi) is 4.66. The van der Waals surface area contributed by atoms with Crippen molar-refractivity contribution in [2.45, 2.75) is 6.61 Å². The van der Waals surface area contributed by atoms with Crippen molar-refractivity contribution >= 4 is 33.9 Å². The van der Waals surface area contributed by atoms with Crippen LogP contribution in [0.25, 0.3) is 6.08 Å². The Labute approximate surface area is 148 Å². The van der Waals surface area contributed by atoms with E-state index in [2.05, 4.69) is 21.2 Å². The molecule has 0 aliphatic carbocycles. The molecule has 0 bridgehead atoms. The molecule has 5 nitrogen and oxygen atoms in total. The van der Waals surface area contributed by atoms with Crippen molar-refractivity contribution in [3.8, 4) is 5.75 Å². The fourth-order valence-electron chi connectivity index (χ4n) is 2.20. The van der Waals surface area contributed by atoms with Gasteiger partial charge in [0.2, 0.25) is 0 Å². The zero-order valence-electron chi connectivity index (χ0n) is 13.0. The van der Waals surface area contributed by atoms with E-state index < -0.39 is 6.03 Å². The minimum atomic E-state index is -0.416. The molecule has 1 fully saturated rings. The number of carbonyl (C=O) groups is 2. The van der Waals surface area contributed by atoms with E-state index in [9.17, 15) is 9.59 Å². The largest absolute Gasteiger partial charge is 0.489 e. The van der Waals surface area contributed by atoms with E-state index in [1.165, 1.54) is 7.05 Å². The maximum atomic E-state index is 11.8. The van der Waals surface area contributed by atoms with Gasteiger partial charge in [-0.2, -0.15) is 0 Å². The van der Waals surface area contributed by atoms with Crippen molar-refractivity contribution in [3.05, 3.63) is 69.8 Å². The van der Waals surface area contributed by atoms with Gasteiger partial charge in [-0.15, -0.1) is 0 Å². The number of benzene rings is 2. The fraction of sp³-hybridized carbons (Fsp3) is 0.111. The van der Waals surface area contributed by atoms with Gasteiger partial charge in [-0.3, -0.25) is 9.69 Å². The number of hydrogen-bond acceptors (Lipinski definition) is 3. The average Bonchev–Trinajstić information content (AvgIpc) is 2.83. The molecule has 6 heteroatoms. The Morgan fingerprint density at radius 3 is 2.33 bits per heavy atom. The molecule has 0 radical (unpaired) electrons. The maximum Gasteiger partial charge on any atom is 0.328 e. The molecule has 2 aromatic rings. The van der Waals surface area contributed by atoms with Gasteiger partial charge >= 0.3 is 6.03 Å². The third kappa shape index (κ3) is 3.65. The first-order valence-electron chi connectivity index (χ1n) is 7.31. The van der Waals surface area contributed by atoms with Gasteiger partial charge in [0.15, 0.2) is 0 Å². The summed E-state index contributed by atoms with van der Waals surface area (Å²) in [4.78, 5) is 24.3. The van der Waals surface area contributed by atoms with Gasteiger partial charge in [-0.1, -0.05) is 40.2 Å². The molecule has 24 heavy (non-hydrogen) atoms. The van der Waals surface area contributed by atoms with Crippen LogP contribution >= 0.6 is 15.9 Å². The van der Waals surface area contributed by atoms with Crippen LogP contribution in [0.4, 0.5) is 4.79 Å². The van der Waals surface area contributed by atoms with E-state index in [0.29, 0.717) is 6.61 Å². The molecule has 0 unspecified atom stereocenters. The monoisotopic (exact) mass is 386 g/mol. The molecular weight excluding hydrogens is 372 g/mol. The smallest absolute Gasteiger partial charge is 0.328 e. The highest BCUT2D eigenvalue weighted by Gasteiger charge is 2.29. The molecular formula is C18H15BrN2O3. The number of nitrogens with zero attached hydrogens (tertiary/aromatic N) is 1. The predicted molar refractivity (Wildman–Crippen MR) is 94.2 cm³/mol. The van der Waals surface area contributed by atoms with E-state index in [1.807, 2.05) is 48.5 Å². The molecule has 3 rings (SSSR count). The predicted octanol–water partition coefficient (Wildman–Crippen LogP) is 3.55. The highest BCUT2D eigenvalue weighted by atomic mass is 79.9. The van der Waals surface area contributed by atoms with Crippen molar-refractivity contribution in [1.29, 1.82) is 0 Å². The molecule has 1 aliphatic heterocycles. The lowest BCUT2D eigenvalue weighted by atomic mass is 10.2. The minimum Gasteiger partial charge on any atom is -0.489 e. The lowest BCUT2D eigenvalue weighted by Gasteiger charge is -2.07. The third-order valence-corrected chi connectivity index (χ3v) is 4.12. The molecule has 2 aromatic carbocycles. The molecule has 1 aliphatic rings. The molecule has 0 spiro atoms. The quantitative estimate of drug-likeness (QED) is 0.645. The van der Waals surface area contributed by atoms with Crippen LogP contribution in [0.1, 0.15) is 11.1 Å². The summed E-state index contributed by atoms with van der Waals surface area (Å²) in [6, 6.07) is 14.8. The molecule has 122 valence electrons. The maximum absolute atomic E-state index is 11.8. The summed E-state index contributed by atoms with van der Waals surface area (Å²) in [7, 11) is 1.44. The van der Waals surface area contributed by atoms with Crippen molar-refractivity contribution in [3.63, 3.8) is 0 Å². The molecule has 1 saturated heterocycles. The topological polar surface area (TPSA) is 58.6 Å². The van der Waals surface area contributed by atoms with Crippen LogP contribution in [0, 0.1) is 0 Å². The molecule has 1 N–H and O–H groups in total. The zero-order chi connectivity index (χ0) is 17.1. The Morgan fingerprint density at radius 1 is 1.08 bits per heavy atom. The summed E-state index contributed by atoms with van der Waals surface area (Å²) in [5.74, 6) is 0.398. The van der Waals surface area contributed by atoms with E-state index in [4.69, 9.17) is 4.74 Å². The van der Waals surface area contributed by atoms with Crippen molar-refractivity contribution < 1.29 is 14.3 Å². The second-order valence-electron chi connectivity index (χ2n) is 5.34. The van der Waals surface area contributed by atoms with Crippen LogP contribution < -0.4 is 10.1 Å². The first-order chi connectivity index (χ1) is 11.5. The molecule has 0 saturated carbocycles. The minimum absolute atomic E-state index is 0.269. The first kappa shape index (κ1) is 16.3. The Hall–Kier alpha value is -2.60. The number of hydrogen-bond donors (Lipinski definition) is 1. The summed E-state index contributed by atoms with van der Waals surface area (Å²) >= 11 is 3.40. The fourth-order valence-corrected chi connectivity index (χ4v) is 2.46. The number of imide groups is 1. The summed E-state index contributed by atoms with van der Waals surface area (Å²) < 4.78 is 6.76. The van der Waals surface area contributed by atoms with Crippen LogP contribution in [-0.4, -0.2) is 23.9 Å². The van der Waals surface area contributed by atoms with Gasteiger partial charge in [0, 0.05) is 11.5 Å². The van der Waals surface area contributed by atoms with E-state index in [-0.39, 0.29) is 11.6 Å². The van der Waals surface area contributed by atoms with Gasteiger partial charge < -0.3 is 10.1 Å². The highest BCUT2D eigenvalue weighted by Crippen LogP contribution is 2.18. The molecule has 1 heterocycles. The summed E-state index contributed by atoms with van der Waals surface area (Å²) in [6.07, 6.45) is 1.64. The normalized spacial score (nSPS) is 15.8. The lowest BCUT2D eigenvalue weighted by Crippen LogP contribution is -2.25. The lowest BCUT2D eigenvalue weighted by molar-refractivity contribution is -0.121. The third-order valence-electron chi connectivity index (χ3n) is 3.59. The summed E-state index contributed by atoms with van der Waals surface area (Å²) in [5, 5.41) is 2.53. The number of ether oxygens (including phenoxy) is 1. The number of nitrogens with one attached hydrogen (secondary N) is 1. The van der Waals surface area contributed by atoms with Gasteiger partial charge in [-0.05, 0) is 41.5 Å². The summed E-state index contributed by atoms with van der Waals surface area (Å²) in [5.41, 5.74) is 2.16. The first-order valence-corrected chi connectivity index (χ1v) is 8.10. The number of carbonyl (C=O) groups excluding carboxylic acids is 2. The number of halogens is 1. The number of urea groups is 1. The van der Waals surface area contributed by atoms with Crippen LogP contribution in [0.5, 0.6) is 5.75 Å². The van der Waals surface area contributed by atoms with E-state index in [0.717, 1.165) is 26.2 Å². The molecule has 0 aromatic heterocycles. The van der Waals surface area contributed by atoms with Gasteiger partial charge in [-0.25, -0.2) is 4.79 Å². The average molecular weight is 387 g/mol. The van der Waals surface area contributed by atoms with Gasteiger partial charge in [0.1, 0.15) is 18.1 Å². The second kappa shape index (κ2) is 6.88. The number of rotatable bonds is 4. The number of amides is 3. The van der Waals surface area contributed by atoms with Crippen molar-refractivity contribution in [2.24, 2.45) is 0 Å². The highest BCUT2D eigenvalue weighted by molar-refractivity contribution is 9.10. The van der Waals surface area contributed by atoms with E-state index in [1.54, 1.807) is 6.08 Å². The van der Waals surface area contributed by atoms with Crippen molar-refractivity contribution in [1.82, 2.24) is 10.2 Å². The Morgan fingerprint density at radius 2 is 1.75 bits per heavy atom. The standard InChI is InChI=1S/C18H15BrN2O3/c1-21-17(22)16(20-18(21)23)10-12-4-8-15(9-5-12)24-11-13-2-6-14(19)7-3-13/h2-10H,11H2,1H3,(H,20,23)/b16-10+. The molecule has 3 amide bonds. The van der Waals surface area contributed by atoms with Crippen LogP contribution in [0.3, 0.4) is 0 Å². The SMILES string of the molecule is CN1C(=O)N/C(=C/c2ccc(OCc3ccc(Br)cc3)cc2)C1=O.